The topological polar surface area (TPSA) is 91.9 Å². The Balaban J connectivity index is 1.70. The first-order valence-electron chi connectivity index (χ1n) is 9.83. The minimum atomic E-state index is -3.36. The van der Waals surface area contributed by atoms with Crippen LogP contribution in [-0.2, 0) is 15.6 Å². The average Bonchev–Trinajstić information content (AvgIpc) is 3.35. The van der Waals surface area contributed by atoms with E-state index in [0.29, 0.717) is 5.52 Å². The molecule has 1 saturated heterocycles. The van der Waals surface area contributed by atoms with Gasteiger partial charge in [-0.15, -0.1) is 0 Å². The third-order valence-electron chi connectivity index (χ3n) is 6.00. The first kappa shape index (κ1) is 20.6. The summed E-state index contributed by atoms with van der Waals surface area (Å²) in [4.78, 5) is 8.95. The van der Waals surface area contributed by atoms with Gasteiger partial charge in [0.1, 0.15) is 0 Å². The van der Waals surface area contributed by atoms with E-state index >= 15 is 0 Å². The molecule has 7 nitrogen and oxygen atoms in total. The summed E-state index contributed by atoms with van der Waals surface area (Å²) in [5.74, 6) is -0.378. The molecule has 2 aliphatic rings. The van der Waals surface area contributed by atoms with E-state index in [4.69, 9.17) is 0 Å². The number of nitriles is 1. The second-order valence-electron chi connectivity index (χ2n) is 7.76. The Hall–Kier alpha value is -2.29. The van der Waals surface area contributed by atoms with Crippen LogP contribution in [0.3, 0.4) is 0 Å². The summed E-state index contributed by atoms with van der Waals surface area (Å²) in [5, 5.41) is 10.3. The van der Waals surface area contributed by atoms with Crippen molar-refractivity contribution in [2.75, 3.05) is 18.8 Å². The minimum absolute atomic E-state index is 0.00606. The van der Waals surface area contributed by atoms with Crippen LogP contribution in [0, 0.1) is 17.1 Å². The zero-order valence-corrected chi connectivity index (χ0v) is 20.4. The van der Waals surface area contributed by atoms with Gasteiger partial charge in [-0.1, -0.05) is 0 Å². The summed E-state index contributed by atoms with van der Waals surface area (Å²) in [6.07, 6.45) is 5.65. The Kier molecular flexibility index (Phi) is 4.91. The number of halogens is 1. The summed E-state index contributed by atoms with van der Waals surface area (Å²) in [6, 6.07) is 6.79. The van der Waals surface area contributed by atoms with Crippen LogP contribution in [0.1, 0.15) is 18.9 Å². The molecule has 0 atom stereocenters. The fourth-order valence-electron chi connectivity index (χ4n) is 4.35. The van der Waals surface area contributed by atoms with Crippen molar-refractivity contribution in [3.05, 3.63) is 46.2 Å². The van der Waals surface area contributed by atoms with E-state index < -0.39 is 36.7 Å². The second kappa shape index (κ2) is 7.39. The summed E-state index contributed by atoms with van der Waals surface area (Å²) in [5.41, 5.74) is 2.53. The summed E-state index contributed by atoms with van der Waals surface area (Å²) >= 11 is -0.844. The van der Waals surface area contributed by atoms with E-state index in [1.807, 2.05) is 10.8 Å². The van der Waals surface area contributed by atoms with Gasteiger partial charge in [0, 0.05) is 0 Å². The third-order valence-corrected chi connectivity index (χ3v) is 10.6. The van der Waals surface area contributed by atoms with Gasteiger partial charge in [0.2, 0.25) is 0 Å². The first-order chi connectivity index (χ1) is 14.9. The van der Waals surface area contributed by atoms with Crippen LogP contribution in [0.15, 0.2) is 34.8 Å². The van der Waals surface area contributed by atoms with Crippen LogP contribution < -0.4 is 3.71 Å². The molecule has 1 fully saturated rings. The molecule has 3 aromatic rings. The van der Waals surface area contributed by atoms with Crippen molar-refractivity contribution < 1.29 is 12.8 Å². The molecule has 0 bridgehead atoms. The molecule has 4 heterocycles. The van der Waals surface area contributed by atoms with Gasteiger partial charge in [0.15, 0.2) is 0 Å². The molecular weight excluding hydrogens is 524 g/mol. The molecule has 0 unspecified atom stereocenters. The monoisotopic (exact) mass is 543 g/mol. The molecule has 2 radical (unpaired) electrons. The predicted molar refractivity (Wildman–Crippen MR) is 117 cm³/mol. The third kappa shape index (κ3) is 3.20. The molecule has 2 aliphatic heterocycles. The predicted octanol–water partition coefficient (Wildman–Crippen LogP) is 1.83. The molecule has 0 amide bonds. The molecule has 0 saturated carbocycles. The van der Waals surface area contributed by atoms with E-state index in [-0.39, 0.29) is 31.1 Å². The number of aromatic nitrogens is 3. The van der Waals surface area contributed by atoms with Crippen molar-refractivity contribution in [3.63, 3.8) is 0 Å². The van der Waals surface area contributed by atoms with Crippen molar-refractivity contribution in [1.29, 1.82) is 5.26 Å². The second-order valence-corrected chi connectivity index (χ2v) is 13.1. The molecule has 0 aliphatic carbocycles. The van der Waals surface area contributed by atoms with Crippen molar-refractivity contribution >= 4 is 51.9 Å². The standard InChI is InChI=1S/C21H18FN5O2S.Sn/c1-3-15-10-24-14-25-20(15)18-11-27(19-9-16(22)5-6-17(18)19)21(7-8-23)12-26(13-21)30(28,29)4-2;/h1,3,5-6,9,11,14H,4,7,12-13H2,2H3;. The van der Waals surface area contributed by atoms with Crippen LogP contribution in [0.5, 0.6) is 0 Å². The average molecular weight is 542 g/mol. The molecule has 0 N–H and O–H groups in total. The Morgan fingerprint density at radius 3 is 2.87 bits per heavy atom. The van der Waals surface area contributed by atoms with Gasteiger partial charge in [-0.2, -0.15) is 0 Å². The van der Waals surface area contributed by atoms with Crippen molar-refractivity contribution in [2.24, 2.45) is 0 Å². The van der Waals surface area contributed by atoms with Crippen molar-refractivity contribution in [2.45, 2.75) is 18.9 Å². The maximum atomic E-state index is 14.2. The number of benzene rings is 1. The number of sulfonamides is 1. The van der Waals surface area contributed by atoms with Crippen LogP contribution in [0.25, 0.3) is 28.2 Å². The quantitative estimate of drug-likeness (QED) is 0.459. The Morgan fingerprint density at radius 1 is 1.32 bits per heavy atom. The Morgan fingerprint density at radius 2 is 2.13 bits per heavy atom. The first-order valence-corrected chi connectivity index (χ1v) is 14.5. The summed E-state index contributed by atoms with van der Waals surface area (Å²) in [6.45, 7) is 1.98. The Bertz CT molecular complexity index is 1390. The van der Waals surface area contributed by atoms with Crippen molar-refractivity contribution in [3.8, 4) is 17.3 Å². The number of rotatable bonds is 5. The molecule has 0 spiro atoms. The summed E-state index contributed by atoms with van der Waals surface area (Å²) < 4.78 is 45.5. The van der Waals surface area contributed by atoms with Crippen LogP contribution >= 0.6 is 0 Å². The van der Waals surface area contributed by atoms with E-state index in [0.717, 1.165) is 25.9 Å². The van der Waals surface area contributed by atoms with Crippen molar-refractivity contribution in [1.82, 2.24) is 18.8 Å². The fraction of sp³-hybridized carbons (Fsp3) is 0.286. The number of hydrogen-bond acceptors (Lipinski definition) is 5. The van der Waals surface area contributed by atoms with Gasteiger partial charge >= 0.3 is 190 Å². The van der Waals surface area contributed by atoms with Crippen LogP contribution in [0.4, 0.5) is 4.39 Å². The number of hydrogen-bond donors (Lipinski definition) is 0. The molecule has 1 aromatic carbocycles. The van der Waals surface area contributed by atoms with Gasteiger partial charge in [-0.25, -0.2) is 0 Å². The van der Waals surface area contributed by atoms with Gasteiger partial charge in [-0.3, -0.25) is 0 Å². The van der Waals surface area contributed by atoms with E-state index in [1.165, 1.54) is 16.4 Å². The van der Waals surface area contributed by atoms with Crippen LogP contribution in [-0.4, -0.2) is 67.2 Å². The van der Waals surface area contributed by atoms with Gasteiger partial charge in [-0.05, 0) is 0 Å². The van der Waals surface area contributed by atoms with E-state index in [9.17, 15) is 18.1 Å². The fourth-order valence-corrected chi connectivity index (χ4v) is 8.15. The zero-order valence-electron chi connectivity index (χ0n) is 16.7. The van der Waals surface area contributed by atoms with Gasteiger partial charge in [0.05, 0.1) is 0 Å². The zero-order chi connectivity index (χ0) is 21.8. The number of fused-ring (bicyclic) bond motifs is 2. The molecule has 156 valence electrons. The summed E-state index contributed by atoms with van der Waals surface area (Å²) in [7, 11) is -3.36. The maximum absolute atomic E-state index is 14.2. The molecule has 10 heteroatoms. The Labute approximate surface area is 189 Å². The van der Waals surface area contributed by atoms with Crippen LogP contribution in [0.2, 0.25) is 0 Å². The van der Waals surface area contributed by atoms with E-state index in [1.54, 1.807) is 19.3 Å². The number of nitrogens with zero attached hydrogens (tertiary/aromatic N) is 5. The molecule has 2 aromatic heterocycles. The SMILES string of the molecule is CCS(=O)(=O)N1CC(CC#N)(n2cc(-c3ncn[c]4c3C=[CH][Sn]4)c3ccc(F)cc32)C1. The van der Waals surface area contributed by atoms with Gasteiger partial charge < -0.3 is 0 Å². The molecular formula is C21H18FN5O2SSn. The molecule has 5 rings (SSSR count). The molecule has 31 heavy (non-hydrogen) atoms. The normalized spacial score (nSPS) is 17.5. The van der Waals surface area contributed by atoms with E-state index in [2.05, 4.69) is 26.2 Å². The van der Waals surface area contributed by atoms with Gasteiger partial charge in [0.25, 0.3) is 0 Å².